The van der Waals surface area contributed by atoms with E-state index < -0.39 is 9.05 Å². The van der Waals surface area contributed by atoms with Gasteiger partial charge in [-0.25, -0.2) is 12.9 Å². The number of aromatic nitrogens is 3. The minimum atomic E-state index is -3.74. The van der Waals surface area contributed by atoms with Crippen molar-refractivity contribution < 1.29 is 13.2 Å². The van der Waals surface area contributed by atoms with Gasteiger partial charge in [0.25, 0.3) is 9.05 Å². The second-order valence-corrected chi connectivity index (χ2v) is 5.27. The van der Waals surface area contributed by atoms with Gasteiger partial charge in [0, 0.05) is 22.9 Å². The van der Waals surface area contributed by atoms with Crippen molar-refractivity contribution in [1.29, 1.82) is 0 Å². The number of methoxy groups -OCH3 is 1. The second-order valence-electron chi connectivity index (χ2n) is 2.70. The number of fused-ring (bicyclic) bond motifs is 1. The fourth-order valence-electron chi connectivity index (χ4n) is 1.08. The van der Waals surface area contributed by atoms with Crippen LogP contribution in [0.1, 0.15) is 0 Å². The summed E-state index contributed by atoms with van der Waals surface area (Å²) in [5.74, 6) is 0. The third kappa shape index (κ3) is 1.88. The van der Waals surface area contributed by atoms with Gasteiger partial charge in [-0.3, -0.25) is 0 Å². The van der Waals surface area contributed by atoms with Gasteiger partial charge in [0.15, 0.2) is 5.65 Å². The van der Waals surface area contributed by atoms with Crippen molar-refractivity contribution in [2.24, 2.45) is 0 Å². The molecule has 0 atom stereocenters. The Hall–Kier alpha value is -1.34. The minimum absolute atomic E-state index is 0.0216. The molecular weight excluding hydrogens is 242 g/mol. The minimum Gasteiger partial charge on any atom is -0.466 e. The van der Waals surface area contributed by atoms with Crippen LogP contribution in [0.15, 0.2) is 23.2 Å². The van der Waals surface area contributed by atoms with E-state index >= 15 is 0 Å². The van der Waals surface area contributed by atoms with E-state index in [-0.39, 0.29) is 10.9 Å². The Bertz CT molecular complexity index is 607. The van der Waals surface area contributed by atoms with Crippen LogP contribution < -0.4 is 4.74 Å². The molecule has 0 saturated heterocycles. The molecule has 2 aromatic rings. The summed E-state index contributed by atoms with van der Waals surface area (Å²) in [6.07, 6.45) is 1.44. The fraction of sp³-hybridized carbons (Fsp3) is 0.143. The molecule has 0 aliphatic rings. The lowest BCUT2D eigenvalue weighted by molar-refractivity contribution is 0.380. The molecule has 2 rings (SSSR count). The molecule has 15 heavy (non-hydrogen) atoms. The lowest BCUT2D eigenvalue weighted by atomic mass is 10.5. The van der Waals surface area contributed by atoms with Crippen molar-refractivity contribution in [3.63, 3.8) is 0 Å². The number of nitrogens with zero attached hydrogens (tertiary/aromatic N) is 3. The molecule has 0 radical (unpaired) electrons. The number of hydrogen-bond donors (Lipinski definition) is 0. The van der Waals surface area contributed by atoms with E-state index in [1.54, 1.807) is 0 Å². The van der Waals surface area contributed by atoms with Crippen LogP contribution in [-0.4, -0.2) is 30.1 Å². The van der Waals surface area contributed by atoms with E-state index in [0.29, 0.717) is 5.65 Å². The average molecular weight is 248 g/mol. The molecule has 0 aliphatic carbocycles. The molecule has 8 heteroatoms. The number of halogens is 1. The van der Waals surface area contributed by atoms with Gasteiger partial charge in [0.1, 0.15) is 0 Å². The van der Waals surface area contributed by atoms with Gasteiger partial charge >= 0.3 is 6.01 Å². The maximum absolute atomic E-state index is 11.0. The number of pyridine rings is 1. The maximum atomic E-state index is 11.0. The van der Waals surface area contributed by atoms with Crippen molar-refractivity contribution >= 4 is 25.4 Å². The van der Waals surface area contributed by atoms with E-state index in [0.717, 1.165) is 0 Å². The highest BCUT2D eigenvalue weighted by Gasteiger charge is 2.12. The van der Waals surface area contributed by atoms with Crippen LogP contribution in [-0.2, 0) is 9.05 Å². The van der Waals surface area contributed by atoms with Crippen LogP contribution in [0, 0.1) is 0 Å². The Morgan fingerprint density at radius 2 is 2.27 bits per heavy atom. The Kier molecular flexibility index (Phi) is 2.28. The SMILES string of the molecule is COc1nc2cc(S(=O)(=O)Cl)ccn2n1. The fourth-order valence-corrected chi connectivity index (χ4v) is 1.84. The molecule has 0 aromatic carbocycles. The zero-order valence-corrected chi connectivity index (χ0v) is 9.16. The van der Waals surface area contributed by atoms with Gasteiger partial charge in [-0.1, -0.05) is 0 Å². The summed E-state index contributed by atoms with van der Waals surface area (Å²) in [6, 6.07) is 2.82. The molecule has 0 fully saturated rings. The highest BCUT2D eigenvalue weighted by Crippen LogP contribution is 2.17. The summed E-state index contributed by atoms with van der Waals surface area (Å²) < 4.78 is 28.3. The summed E-state index contributed by atoms with van der Waals surface area (Å²) >= 11 is 0. The zero-order chi connectivity index (χ0) is 11.1. The van der Waals surface area contributed by atoms with Crippen molar-refractivity contribution in [1.82, 2.24) is 14.6 Å². The highest BCUT2D eigenvalue weighted by molar-refractivity contribution is 8.13. The molecule has 2 heterocycles. The molecule has 0 N–H and O–H groups in total. The van der Waals surface area contributed by atoms with Crippen LogP contribution in [0.4, 0.5) is 0 Å². The molecular formula is C7H6ClN3O3S. The van der Waals surface area contributed by atoms with Crippen molar-refractivity contribution in [3.05, 3.63) is 18.3 Å². The molecule has 6 nitrogen and oxygen atoms in total. The Labute approximate surface area is 89.9 Å². The molecule has 0 amide bonds. The predicted molar refractivity (Wildman–Crippen MR) is 52.6 cm³/mol. The van der Waals surface area contributed by atoms with Crippen LogP contribution in [0.25, 0.3) is 5.65 Å². The van der Waals surface area contributed by atoms with Gasteiger partial charge in [-0.15, -0.1) is 5.10 Å². The van der Waals surface area contributed by atoms with Gasteiger partial charge < -0.3 is 4.74 Å². The lowest BCUT2D eigenvalue weighted by Crippen LogP contribution is -1.93. The van der Waals surface area contributed by atoms with E-state index in [4.69, 9.17) is 15.4 Å². The monoisotopic (exact) mass is 247 g/mol. The third-order valence-corrected chi connectivity index (χ3v) is 3.11. The number of hydrogen-bond acceptors (Lipinski definition) is 5. The molecule has 0 saturated carbocycles. The Morgan fingerprint density at radius 1 is 1.53 bits per heavy atom. The normalized spacial score (nSPS) is 11.9. The van der Waals surface area contributed by atoms with E-state index in [2.05, 4.69) is 10.1 Å². The molecule has 80 valence electrons. The van der Waals surface area contributed by atoms with Crippen LogP contribution >= 0.6 is 10.7 Å². The molecule has 0 aliphatic heterocycles. The molecule has 2 aromatic heterocycles. The van der Waals surface area contributed by atoms with Crippen LogP contribution in [0.5, 0.6) is 6.01 Å². The predicted octanol–water partition coefficient (Wildman–Crippen LogP) is 0.665. The average Bonchev–Trinajstić information content (AvgIpc) is 2.57. The number of rotatable bonds is 2. The second kappa shape index (κ2) is 3.35. The van der Waals surface area contributed by atoms with Crippen LogP contribution in [0.2, 0.25) is 0 Å². The van der Waals surface area contributed by atoms with Crippen LogP contribution in [0.3, 0.4) is 0 Å². The smallest absolute Gasteiger partial charge is 0.336 e. The largest absolute Gasteiger partial charge is 0.466 e. The topological polar surface area (TPSA) is 73.6 Å². The first kappa shape index (κ1) is 10.2. The van der Waals surface area contributed by atoms with E-state index in [9.17, 15) is 8.42 Å². The summed E-state index contributed by atoms with van der Waals surface area (Å²) in [6.45, 7) is 0. The zero-order valence-electron chi connectivity index (χ0n) is 7.58. The first-order chi connectivity index (χ1) is 7.00. The molecule has 0 spiro atoms. The lowest BCUT2D eigenvalue weighted by Gasteiger charge is -1.94. The summed E-state index contributed by atoms with van der Waals surface area (Å²) in [5.41, 5.74) is 0.355. The summed E-state index contributed by atoms with van der Waals surface area (Å²) in [5, 5.41) is 3.90. The van der Waals surface area contributed by atoms with Crippen molar-refractivity contribution in [2.75, 3.05) is 7.11 Å². The molecule has 0 unspecified atom stereocenters. The highest BCUT2D eigenvalue weighted by atomic mass is 35.7. The van der Waals surface area contributed by atoms with Gasteiger partial charge in [0.05, 0.1) is 12.0 Å². The van der Waals surface area contributed by atoms with Gasteiger partial charge in [-0.2, -0.15) is 4.98 Å². The standard InChI is InChI=1S/C7H6ClN3O3S/c1-14-7-9-6-4-5(15(8,12)13)2-3-11(6)10-7/h2-4H,1H3. The quantitative estimate of drug-likeness (QED) is 0.729. The Morgan fingerprint density at radius 3 is 2.87 bits per heavy atom. The summed E-state index contributed by atoms with van der Waals surface area (Å²) in [7, 11) is 2.87. The third-order valence-electron chi connectivity index (χ3n) is 1.75. The van der Waals surface area contributed by atoms with Gasteiger partial charge in [0.2, 0.25) is 0 Å². The van der Waals surface area contributed by atoms with E-state index in [1.165, 1.54) is 30.0 Å². The van der Waals surface area contributed by atoms with Gasteiger partial charge in [-0.05, 0) is 6.07 Å². The van der Waals surface area contributed by atoms with Crippen molar-refractivity contribution in [3.8, 4) is 6.01 Å². The number of ether oxygens (including phenoxy) is 1. The van der Waals surface area contributed by atoms with E-state index in [1.807, 2.05) is 0 Å². The first-order valence-corrected chi connectivity index (χ1v) is 6.17. The maximum Gasteiger partial charge on any atom is 0.336 e. The first-order valence-electron chi connectivity index (χ1n) is 3.86. The van der Waals surface area contributed by atoms with Crippen molar-refractivity contribution in [2.45, 2.75) is 4.90 Å². The summed E-state index contributed by atoms with van der Waals surface area (Å²) in [4.78, 5) is 3.89. The Balaban J connectivity index is 2.66. The molecule has 0 bridgehead atoms.